The molecule has 3 nitrogen and oxygen atoms in total. The van der Waals surface area contributed by atoms with Crippen LogP contribution >= 0.6 is 0 Å². The summed E-state index contributed by atoms with van der Waals surface area (Å²) in [6.07, 6.45) is 8.47. The SMILES string of the molecule is C#CCCCC(=O)C1CN(C)CCCN1C. The van der Waals surface area contributed by atoms with Gasteiger partial charge in [0, 0.05) is 19.4 Å². The Balaban J connectivity index is 2.47. The van der Waals surface area contributed by atoms with Gasteiger partial charge in [0.2, 0.25) is 0 Å². The molecule has 1 aliphatic heterocycles. The number of Topliss-reactive ketones (excluding diaryl/α,β-unsaturated/α-hetero) is 1. The lowest BCUT2D eigenvalue weighted by Gasteiger charge is -2.26. The summed E-state index contributed by atoms with van der Waals surface area (Å²) in [7, 11) is 4.13. The number of hydrogen-bond acceptors (Lipinski definition) is 3. The Bertz CT molecular complexity index is 270. The lowest BCUT2D eigenvalue weighted by Crippen LogP contribution is -2.43. The van der Waals surface area contributed by atoms with Crippen molar-refractivity contribution in [3.63, 3.8) is 0 Å². The summed E-state index contributed by atoms with van der Waals surface area (Å²) in [6.45, 7) is 2.94. The molecule has 1 heterocycles. The highest BCUT2D eigenvalue weighted by atomic mass is 16.1. The smallest absolute Gasteiger partial charge is 0.151 e. The maximum Gasteiger partial charge on any atom is 0.151 e. The van der Waals surface area contributed by atoms with E-state index in [0.29, 0.717) is 18.6 Å². The number of terminal acetylenes is 1. The van der Waals surface area contributed by atoms with E-state index in [9.17, 15) is 4.79 Å². The quantitative estimate of drug-likeness (QED) is 0.523. The zero-order valence-corrected chi connectivity index (χ0v) is 10.4. The van der Waals surface area contributed by atoms with Crippen LogP contribution in [-0.2, 0) is 4.79 Å². The normalized spacial score (nSPS) is 23.7. The Kier molecular flexibility index (Phi) is 5.51. The van der Waals surface area contributed by atoms with Crippen molar-refractivity contribution in [2.75, 3.05) is 33.7 Å². The highest BCUT2D eigenvalue weighted by Gasteiger charge is 2.25. The number of carbonyl (C=O) groups excluding carboxylic acids is 1. The van der Waals surface area contributed by atoms with Gasteiger partial charge in [0.25, 0.3) is 0 Å². The predicted molar refractivity (Wildman–Crippen MR) is 66.2 cm³/mol. The first-order valence-electron chi connectivity index (χ1n) is 6.00. The highest BCUT2D eigenvalue weighted by molar-refractivity contribution is 5.84. The predicted octanol–water partition coefficient (Wildman–Crippen LogP) is 0.995. The zero-order chi connectivity index (χ0) is 12.0. The summed E-state index contributed by atoms with van der Waals surface area (Å²) in [6, 6.07) is 0.0604. The van der Waals surface area contributed by atoms with Crippen LogP contribution in [0, 0.1) is 12.3 Å². The standard InChI is InChI=1S/C13H22N2O/c1-4-5-6-8-13(16)12-11-14(2)9-7-10-15(12)3/h1,12H,5-11H2,2-3H3. The molecular weight excluding hydrogens is 200 g/mol. The van der Waals surface area contributed by atoms with Gasteiger partial charge in [-0.3, -0.25) is 9.69 Å². The first-order valence-corrected chi connectivity index (χ1v) is 6.00. The largest absolute Gasteiger partial charge is 0.304 e. The Hall–Kier alpha value is -0.850. The van der Waals surface area contributed by atoms with E-state index < -0.39 is 0 Å². The molecule has 1 saturated heterocycles. The summed E-state index contributed by atoms with van der Waals surface area (Å²) >= 11 is 0. The summed E-state index contributed by atoms with van der Waals surface area (Å²) in [4.78, 5) is 16.5. The van der Waals surface area contributed by atoms with E-state index in [0.717, 1.165) is 32.5 Å². The molecule has 16 heavy (non-hydrogen) atoms. The van der Waals surface area contributed by atoms with Gasteiger partial charge in [-0.15, -0.1) is 12.3 Å². The molecule has 0 N–H and O–H groups in total. The van der Waals surface area contributed by atoms with Crippen LogP contribution < -0.4 is 0 Å². The topological polar surface area (TPSA) is 23.6 Å². The Morgan fingerprint density at radius 3 is 2.88 bits per heavy atom. The van der Waals surface area contributed by atoms with Crippen LogP contribution in [0.15, 0.2) is 0 Å². The van der Waals surface area contributed by atoms with Crippen LogP contribution in [0.1, 0.15) is 25.7 Å². The molecule has 1 aliphatic rings. The van der Waals surface area contributed by atoms with Crippen LogP contribution in [0.5, 0.6) is 0 Å². The molecule has 90 valence electrons. The van der Waals surface area contributed by atoms with Crippen LogP contribution in [0.25, 0.3) is 0 Å². The molecule has 3 heteroatoms. The van der Waals surface area contributed by atoms with Gasteiger partial charge in [0.05, 0.1) is 6.04 Å². The van der Waals surface area contributed by atoms with E-state index >= 15 is 0 Å². The molecule has 0 bridgehead atoms. The summed E-state index contributed by atoms with van der Waals surface area (Å²) in [5.74, 6) is 2.92. The van der Waals surface area contributed by atoms with Gasteiger partial charge in [-0.1, -0.05) is 0 Å². The van der Waals surface area contributed by atoms with Gasteiger partial charge < -0.3 is 4.90 Å². The molecule has 1 fully saturated rings. The number of ketones is 1. The van der Waals surface area contributed by atoms with E-state index in [4.69, 9.17) is 6.42 Å². The van der Waals surface area contributed by atoms with Gasteiger partial charge in [-0.05, 0) is 40.0 Å². The molecule has 0 radical (unpaired) electrons. The van der Waals surface area contributed by atoms with E-state index in [1.54, 1.807) is 0 Å². The van der Waals surface area contributed by atoms with Crippen LogP contribution in [-0.4, -0.2) is 55.4 Å². The number of carbonyl (C=O) groups is 1. The lowest BCUT2D eigenvalue weighted by atomic mass is 10.1. The third-order valence-electron chi connectivity index (χ3n) is 3.18. The van der Waals surface area contributed by atoms with Crippen LogP contribution in [0.4, 0.5) is 0 Å². The van der Waals surface area contributed by atoms with Gasteiger partial charge >= 0.3 is 0 Å². The van der Waals surface area contributed by atoms with Gasteiger partial charge in [-0.25, -0.2) is 0 Å². The number of nitrogens with zero attached hydrogens (tertiary/aromatic N) is 2. The fourth-order valence-electron chi connectivity index (χ4n) is 2.15. The molecule has 0 aromatic carbocycles. The van der Waals surface area contributed by atoms with E-state index in [2.05, 4.69) is 22.8 Å². The molecule has 0 amide bonds. The van der Waals surface area contributed by atoms with Crippen molar-refractivity contribution >= 4 is 5.78 Å². The van der Waals surface area contributed by atoms with Crippen molar-refractivity contribution in [1.29, 1.82) is 0 Å². The molecule has 1 atom stereocenters. The average molecular weight is 222 g/mol. The molecule has 0 aromatic heterocycles. The fourth-order valence-corrected chi connectivity index (χ4v) is 2.15. The fraction of sp³-hybridized carbons (Fsp3) is 0.769. The van der Waals surface area contributed by atoms with Crippen LogP contribution in [0.2, 0.25) is 0 Å². The van der Waals surface area contributed by atoms with E-state index in [1.165, 1.54) is 0 Å². The second-order valence-corrected chi connectivity index (χ2v) is 4.64. The first-order chi connectivity index (χ1) is 7.65. The first kappa shape index (κ1) is 13.2. The van der Waals surface area contributed by atoms with E-state index in [-0.39, 0.29) is 6.04 Å². The lowest BCUT2D eigenvalue weighted by molar-refractivity contribution is -0.124. The minimum absolute atomic E-state index is 0.0604. The van der Waals surface area contributed by atoms with Crippen molar-refractivity contribution in [2.45, 2.75) is 31.7 Å². The Labute approximate surface area is 98.8 Å². The highest BCUT2D eigenvalue weighted by Crippen LogP contribution is 2.10. The van der Waals surface area contributed by atoms with E-state index in [1.807, 2.05) is 7.05 Å². The number of rotatable bonds is 4. The molecule has 0 saturated carbocycles. The van der Waals surface area contributed by atoms with Crippen molar-refractivity contribution in [1.82, 2.24) is 9.80 Å². The van der Waals surface area contributed by atoms with Crippen molar-refractivity contribution in [2.24, 2.45) is 0 Å². The van der Waals surface area contributed by atoms with Gasteiger partial charge in [0.15, 0.2) is 5.78 Å². The monoisotopic (exact) mass is 222 g/mol. The van der Waals surface area contributed by atoms with Crippen LogP contribution in [0.3, 0.4) is 0 Å². The summed E-state index contributed by atoms with van der Waals surface area (Å²) in [5.41, 5.74) is 0. The maximum atomic E-state index is 12.0. The third-order valence-corrected chi connectivity index (χ3v) is 3.18. The average Bonchev–Trinajstić information content (AvgIpc) is 2.41. The number of unbranched alkanes of at least 4 members (excludes halogenated alkanes) is 1. The third kappa shape index (κ3) is 3.96. The molecule has 1 unspecified atom stereocenters. The molecule has 0 aliphatic carbocycles. The summed E-state index contributed by atoms with van der Waals surface area (Å²) < 4.78 is 0. The second-order valence-electron chi connectivity index (χ2n) is 4.64. The Morgan fingerprint density at radius 2 is 2.19 bits per heavy atom. The summed E-state index contributed by atoms with van der Waals surface area (Å²) in [5, 5.41) is 0. The molecule has 1 rings (SSSR count). The minimum atomic E-state index is 0.0604. The molecule has 0 spiro atoms. The molecular formula is C13H22N2O. The second kappa shape index (κ2) is 6.67. The van der Waals surface area contributed by atoms with Crippen molar-refractivity contribution < 1.29 is 4.79 Å². The maximum absolute atomic E-state index is 12.0. The van der Waals surface area contributed by atoms with Gasteiger partial charge in [-0.2, -0.15) is 0 Å². The number of likely N-dealkylation sites (N-methyl/N-ethyl adjacent to an activating group) is 2. The Morgan fingerprint density at radius 1 is 1.44 bits per heavy atom. The van der Waals surface area contributed by atoms with Crippen molar-refractivity contribution in [3.05, 3.63) is 0 Å². The van der Waals surface area contributed by atoms with Gasteiger partial charge in [0.1, 0.15) is 0 Å². The molecule has 0 aromatic rings. The zero-order valence-electron chi connectivity index (χ0n) is 10.4. The number of hydrogen-bond donors (Lipinski definition) is 0. The van der Waals surface area contributed by atoms with Crippen molar-refractivity contribution in [3.8, 4) is 12.3 Å². The minimum Gasteiger partial charge on any atom is -0.304 e.